The molecule has 2 atom stereocenters. The van der Waals surface area contributed by atoms with Crippen LogP contribution in [0.4, 0.5) is 0 Å². The van der Waals surface area contributed by atoms with Crippen LogP contribution in [0.25, 0.3) is 0 Å². The Hall–Kier alpha value is -1.14. The Labute approximate surface area is 117 Å². The van der Waals surface area contributed by atoms with E-state index < -0.39 is 5.54 Å². The molecule has 1 aromatic rings. The Morgan fingerprint density at radius 2 is 2.42 bits per heavy atom. The SMILES string of the molecule is CNC1(C(N)=O)CCCC(Sc2nccc(C)n2)C1. The normalized spacial score (nSPS) is 27.2. The molecule has 1 heterocycles. The zero-order valence-electron chi connectivity index (χ0n) is 11.3. The Balaban J connectivity index is 2.07. The first-order valence-corrected chi connectivity index (χ1v) is 7.39. The molecule has 5 nitrogen and oxygen atoms in total. The van der Waals surface area contributed by atoms with Gasteiger partial charge in [-0.05, 0) is 45.7 Å². The third-order valence-corrected chi connectivity index (χ3v) is 4.84. The number of hydrogen-bond donors (Lipinski definition) is 2. The number of carbonyl (C=O) groups is 1. The number of thioether (sulfide) groups is 1. The lowest BCUT2D eigenvalue weighted by atomic mass is 9.81. The van der Waals surface area contributed by atoms with Crippen molar-refractivity contribution in [3.8, 4) is 0 Å². The maximum atomic E-state index is 11.7. The highest BCUT2D eigenvalue weighted by molar-refractivity contribution is 7.99. The molecule has 1 aliphatic carbocycles. The van der Waals surface area contributed by atoms with Gasteiger partial charge >= 0.3 is 0 Å². The first-order chi connectivity index (χ1) is 9.05. The number of amides is 1. The number of rotatable bonds is 4. The van der Waals surface area contributed by atoms with E-state index in [1.807, 2.05) is 13.0 Å². The van der Waals surface area contributed by atoms with Crippen molar-refractivity contribution < 1.29 is 4.79 Å². The van der Waals surface area contributed by atoms with Crippen LogP contribution in [-0.2, 0) is 4.79 Å². The smallest absolute Gasteiger partial charge is 0.237 e. The Bertz CT molecular complexity index is 468. The summed E-state index contributed by atoms with van der Waals surface area (Å²) in [6.07, 6.45) is 5.38. The van der Waals surface area contributed by atoms with Gasteiger partial charge in [-0.3, -0.25) is 4.79 Å². The van der Waals surface area contributed by atoms with Crippen molar-refractivity contribution in [2.75, 3.05) is 7.05 Å². The monoisotopic (exact) mass is 280 g/mol. The Morgan fingerprint density at radius 3 is 3.05 bits per heavy atom. The molecular formula is C13H20N4OS. The van der Waals surface area contributed by atoms with E-state index in [4.69, 9.17) is 5.73 Å². The van der Waals surface area contributed by atoms with Gasteiger partial charge in [-0.1, -0.05) is 11.8 Å². The topological polar surface area (TPSA) is 80.9 Å². The number of aromatic nitrogens is 2. The molecule has 19 heavy (non-hydrogen) atoms. The molecule has 104 valence electrons. The van der Waals surface area contributed by atoms with Gasteiger partial charge in [0.15, 0.2) is 5.16 Å². The number of nitrogens with zero attached hydrogens (tertiary/aromatic N) is 2. The quantitative estimate of drug-likeness (QED) is 0.812. The molecule has 1 amide bonds. The molecule has 0 bridgehead atoms. The number of primary amides is 1. The Kier molecular flexibility index (Phi) is 4.42. The van der Waals surface area contributed by atoms with Crippen molar-refractivity contribution in [2.24, 2.45) is 5.73 Å². The zero-order chi connectivity index (χ0) is 13.9. The van der Waals surface area contributed by atoms with Crippen LogP contribution in [0, 0.1) is 6.92 Å². The third kappa shape index (κ3) is 3.25. The van der Waals surface area contributed by atoms with E-state index in [0.29, 0.717) is 5.25 Å². The van der Waals surface area contributed by atoms with Gasteiger partial charge in [0.25, 0.3) is 0 Å². The molecule has 3 N–H and O–H groups in total. The van der Waals surface area contributed by atoms with Crippen LogP contribution in [0.5, 0.6) is 0 Å². The molecule has 0 radical (unpaired) electrons. The molecule has 1 aromatic heterocycles. The predicted molar refractivity (Wildman–Crippen MR) is 75.9 cm³/mol. The lowest BCUT2D eigenvalue weighted by molar-refractivity contribution is -0.125. The second kappa shape index (κ2) is 5.88. The molecule has 1 fully saturated rings. The molecule has 1 aliphatic rings. The van der Waals surface area contributed by atoms with Gasteiger partial charge in [-0.25, -0.2) is 9.97 Å². The molecule has 0 spiro atoms. The maximum absolute atomic E-state index is 11.7. The highest BCUT2D eigenvalue weighted by Gasteiger charge is 2.40. The first kappa shape index (κ1) is 14.3. The van der Waals surface area contributed by atoms with Gasteiger partial charge in [0.05, 0.1) is 5.54 Å². The lowest BCUT2D eigenvalue weighted by Gasteiger charge is -2.37. The van der Waals surface area contributed by atoms with Gasteiger partial charge in [0.1, 0.15) is 0 Å². The summed E-state index contributed by atoms with van der Waals surface area (Å²) in [4.78, 5) is 20.3. The fourth-order valence-corrected chi connectivity index (χ4v) is 3.80. The first-order valence-electron chi connectivity index (χ1n) is 6.51. The lowest BCUT2D eigenvalue weighted by Crippen LogP contribution is -2.57. The molecular weight excluding hydrogens is 260 g/mol. The summed E-state index contributed by atoms with van der Waals surface area (Å²) in [6.45, 7) is 1.95. The van der Waals surface area contributed by atoms with Crippen molar-refractivity contribution in [3.05, 3.63) is 18.0 Å². The van der Waals surface area contributed by atoms with Gasteiger partial charge in [0.2, 0.25) is 5.91 Å². The molecule has 2 rings (SSSR count). The summed E-state index contributed by atoms with van der Waals surface area (Å²) in [5.74, 6) is -0.259. The van der Waals surface area contributed by atoms with Crippen LogP contribution in [0.15, 0.2) is 17.4 Å². The van der Waals surface area contributed by atoms with Crippen molar-refractivity contribution >= 4 is 17.7 Å². The molecule has 1 saturated carbocycles. The summed E-state index contributed by atoms with van der Waals surface area (Å²) < 4.78 is 0. The van der Waals surface area contributed by atoms with E-state index >= 15 is 0 Å². The standard InChI is InChI=1S/C13H20N4OS/c1-9-5-7-16-12(17-9)19-10-4-3-6-13(8-10,15-2)11(14)18/h5,7,10,15H,3-4,6,8H2,1-2H3,(H2,14,18). The second-order valence-electron chi connectivity index (χ2n) is 5.01. The van der Waals surface area contributed by atoms with Crippen LogP contribution in [-0.4, -0.2) is 33.7 Å². The van der Waals surface area contributed by atoms with E-state index in [-0.39, 0.29) is 5.91 Å². The maximum Gasteiger partial charge on any atom is 0.237 e. The average Bonchev–Trinajstić information content (AvgIpc) is 2.38. The fraction of sp³-hybridized carbons (Fsp3) is 0.615. The van der Waals surface area contributed by atoms with Crippen molar-refractivity contribution in [2.45, 2.75) is 48.6 Å². The van der Waals surface area contributed by atoms with Gasteiger partial charge in [-0.2, -0.15) is 0 Å². The number of nitrogens with two attached hydrogens (primary N) is 1. The summed E-state index contributed by atoms with van der Waals surface area (Å²) in [7, 11) is 1.81. The summed E-state index contributed by atoms with van der Waals surface area (Å²) in [5, 5.41) is 4.22. The molecule has 2 unspecified atom stereocenters. The minimum absolute atomic E-state index is 0.259. The number of likely N-dealkylation sites (N-methyl/N-ethyl adjacent to an activating group) is 1. The number of nitrogens with one attached hydrogen (secondary N) is 1. The van der Waals surface area contributed by atoms with Crippen LogP contribution in [0.3, 0.4) is 0 Å². The van der Waals surface area contributed by atoms with E-state index in [9.17, 15) is 4.79 Å². The number of hydrogen-bond acceptors (Lipinski definition) is 5. The predicted octanol–water partition coefficient (Wildman–Crippen LogP) is 1.26. The van der Waals surface area contributed by atoms with Crippen LogP contribution in [0.2, 0.25) is 0 Å². The van der Waals surface area contributed by atoms with Gasteiger partial charge < -0.3 is 11.1 Å². The van der Waals surface area contributed by atoms with Crippen LogP contribution >= 0.6 is 11.8 Å². The third-order valence-electron chi connectivity index (χ3n) is 3.70. The summed E-state index contributed by atoms with van der Waals surface area (Å²) in [5.41, 5.74) is 5.94. The minimum atomic E-state index is -0.570. The molecule has 0 aromatic carbocycles. The van der Waals surface area contributed by atoms with E-state index in [2.05, 4.69) is 15.3 Å². The van der Waals surface area contributed by atoms with Crippen molar-refractivity contribution in [1.29, 1.82) is 0 Å². The molecule has 0 saturated heterocycles. The Morgan fingerprint density at radius 1 is 1.63 bits per heavy atom. The number of carbonyl (C=O) groups excluding carboxylic acids is 1. The van der Waals surface area contributed by atoms with Crippen LogP contribution < -0.4 is 11.1 Å². The number of aryl methyl sites for hydroxylation is 1. The zero-order valence-corrected chi connectivity index (χ0v) is 12.2. The highest BCUT2D eigenvalue weighted by atomic mass is 32.2. The van der Waals surface area contributed by atoms with Crippen molar-refractivity contribution in [1.82, 2.24) is 15.3 Å². The van der Waals surface area contributed by atoms with E-state index in [0.717, 1.165) is 36.5 Å². The van der Waals surface area contributed by atoms with Gasteiger partial charge in [-0.15, -0.1) is 0 Å². The molecule has 0 aliphatic heterocycles. The molecule has 6 heteroatoms. The van der Waals surface area contributed by atoms with Gasteiger partial charge in [0, 0.05) is 17.1 Å². The fourth-order valence-electron chi connectivity index (χ4n) is 2.53. The summed E-state index contributed by atoms with van der Waals surface area (Å²) in [6, 6.07) is 1.88. The van der Waals surface area contributed by atoms with E-state index in [1.54, 1.807) is 25.0 Å². The highest BCUT2D eigenvalue weighted by Crippen LogP contribution is 2.36. The average molecular weight is 280 g/mol. The second-order valence-corrected chi connectivity index (χ2v) is 6.28. The van der Waals surface area contributed by atoms with E-state index in [1.165, 1.54) is 0 Å². The summed E-state index contributed by atoms with van der Waals surface area (Å²) >= 11 is 1.64. The minimum Gasteiger partial charge on any atom is -0.368 e. The largest absolute Gasteiger partial charge is 0.368 e. The van der Waals surface area contributed by atoms with Crippen LogP contribution in [0.1, 0.15) is 31.4 Å². The van der Waals surface area contributed by atoms with Crippen molar-refractivity contribution in [3.63, 3.8) is 0 Å².